The molecule has 0 saturated carbocycles. The predicted octanol–water partition coefficient (Wildman–Crippen LogP) is 3.48. The first-order valence-corrected chi connectivity index (χ1v) is 9.40. The fourth-order valence-corrected chi connectivity index (χ4v) is 2.69. The van der Waals surface area contributed by atoms with Gasteiger partial charge in [-0.1, -0.05) is 55.5 Å². The van der Waals surface area contributed by atoms with Crippen LogP contribution in [-0.4, -0.2) is 24.3 Å². The van der Waals surface area contributed by atoms with Crippen molar-refractivity contribution in [3.8, 4) is 11.8 Å². The number of allylic oxidation sites excluding steroid dienone is 3. The standard InChI is InChI=1S/C24H29N5/c1-7-8-9-24-28-22(16-23(29(24)25)19(5)26-6)18(4)27-15-14-20-10-12-21(13-11-20)17(2)3/h9-13,16,26-27H,2,4-5,14-15,25H2,1,3,6H3/b24-9-. The summed E-state index contributed by atoms with van der Waals surface area (Å²) in [6.45, 7) is 16.6. The second-order valence-electron chi connectivity index (χ2n) is 6.65. The number of rotatable bonds is 8. The Morgan fingerprint density at radius 3 is 2.48 bits per heavy atom. The van der Waals surface area contributed by atoms with Gasteiger partial charge in [-0.05, 0) is 37.5 Å². The second kappa shape index (κ2) is 10.2. The van der Waals surface area contributed by atoms with E-state index >= 15 is 0 Å². The fourth-order valence-electron chi connectivity index (χ4n) is 2.69. The van der Waals surface area contributed by atoms with Crippen LogP contribution in [0, 0.1) is 11.8 Å². The van der Waals surface area contributed by atoms with Crippen LogP contribution in [0.1, 0.15) is 25.0 Å². The minimum atomic E-state index is 0.529. The third-order valence-electron chi connectivity index (χ3n) is 4.48. The average molecular weight is 388 g/mol. The Balaban J connectivity index is 2.10. The molecule has 1 aliphatic rings. The summed E-state index contributed by atoms with van der Waals surface area (Å²) in [5, 5.41) is 7.83. The lowest BCUT2D eigenvalue weighted by molar-refractivity contribution is 0.444. The van der Waals surface area contributed by atoms with Crippen molar-refractivity contribution in [2.45, 2.75) is 20.3 Å². The minimum Gasteiger partial charge on any atom is -0.387 e. The van der Waals surface area contributed by atoms with Gasteiger partial charge >= 0.3 is 0 Å². The van der Waals surface area contributed by atoms with Crippen LogP contribution < -0.4 is 16.5 Å². The van der Waals surface area contributed by atoms with Gasteiger partial charge in [-0.25, -0.2) is 10.8 Å². The summed E-state index contributed by atoms with van der Waals surface area (Å²) < 4.78 is 0. The zero-order valence-corrected chi connectivity index (χ0v) is 17.5. The van der Waals surface area contributed by atoms with Crippen molar-refractivity contribution in [1.82, 2.24) is 15.6 Å². The molecule has 0 atom stereocenters. The minimum absolute atomic E-state index is 0.529. The zero-order chi connectivity index (χ0) is 21.4. The Hall–Kier alpha value is -3.49. The van der Waals surface area contributed by atoms with E-state index in [2.05, 4.69) is 71.5 Å². The van der Waals surface area contributed by atoms with E-state index in [1.807, 2.05) is 13.0 Å². The van der Waals surface area contributed by atoms with Gasteiger partial charge in [0.05, 0.1) is 22.8 Å². The molecule has 0 spiro atoms. The van der Waals surface area contributed by atoms with Crippen molar-refractivity contribution in [3.63, 3.8) is 0 Å². The van der Waals surface area contributed by atoms with Gasteiger partial charge in [0.15, 0.2) is 5.82 Å². The lowest BCUT2D eigenvalue weighted by Gasteiger charge is -2.28. The summed E-state index contributed by atoms with van der Waals surface area (Å²) in [4.78, 5) is 4.58. The van der Waals surface area contributed by atoms with E-state index in [0.29, 0.717) is 28.6 Å². The Labute approximate surface area is 174 Å². The average Bonchev–Trinajstić information content (AvgIpc) is 2.72. The van der Waals surface area contributed by atoms with Crippen LogP contribution in [0.4, 0.5) is 0 Å². The quantitative estimate of drug-likeness (QED) is 0.472. The van der Waals surface area contributed by atoms with Crippen LogP contribution in [0.25, 0.3) is 5.57 Å². The van der Waals surface area contributed by atoms with Crippen LogP contribution in [0.3, 0.4) is 0 Å². The number of likely N-dealkylation sites (N-methyl/N-ethyl adjacent to an activating group) is 1. The Morgan fingerprint density at radius 1 is 1.21 bits per heavy atom. The summed E-state index contributed by atoms with van der Waals surface area (Å²) in [5.41, 5.74) is 6.27. The molecule has 4 N–H and O–H groups in total. The number of nitrogens with one attached hydrogen (secondary N) is 2. The Kier molecular flexibility index (Phi) is 7.64. The molecule has 0 unspecified atom stereocenters. The summed E-state index contributed by atoms with van der Waals surface area (Å²) >= 11 is 0. The lowest BCUT2D eigenvalue weighted by atomic mass is 10.1. The van der Waals surface area contributed by atoms with Crippen molar-refractivity contribution in [1.29, 1.82) is 0 Å². The van der Waals surface area contributed by atoms with Gasteiger partial charge in [0.2, 0.25) is 0 Å². The van der Waals surface area contributed by atoms with Crippen molar-refractivity contribution >= 4 is 11.3 Å². The van der Waals surface area contributed by atoms with Gasteiger partial charge < -0.3 is 10.6 Å². The van der Waals surface area contributed by atoms with Gasteiger partial charge in [-0.15, -0.1) is 5.92 Å². The molecule has 1 heterocycles. The number of hydrogen-bond acceptors (Lipinski definition) is 5. The van der Waals surface area contributed by atoms with E-state index in [0.717, 1.165) is 24.1 Å². The number of nitrogens with two attached hydrogens (primary N) is 1. The van der Waals surface area contributed by atoms with Crippen molar-refractivity contribution < 1.29 is 0 Å². The van der Waals surface area contributed by atoms with Crippen LogP contribution in [0.5, 0.6) is 0 Å². The number of aliphatic imine (C=N–C) groups is 1. The van der Waals surface area contributed by atoms with E-state index in [4.69, 9.17) is 5.84 Å². The molecule has 1 aromatic rings. The topological polar surface area (TPSA) is 65.7 Å². The highest BCUT2D eigenvalue weighted by Gasteiger charge is 2.20. The van der Waals surface area contributed by atoms with Gasteiger partial charge in [0, 0.05) is 19.7 Å². The van der Waals surface area contributed by atoms with E-state index in [-0.39, 0.29) is 0 Å². The molecule has 150 valence electrons. The lowest BCUT2D eigenvalue weighted by Crippen LogP contribution is -2.36. The fraction of sp³-hybridized carbons (Fsp3) is 0.208. The van der Waals surface area contributed by atoms with Crippen LogP contribution in [0.2, 0.25) is 0 Å². The Bertz CT molecular complexity index is 949. The van der Waals surface area contributed by atoms with Gasteiger partial charge in [-0.2, -0.15) is 0 Å². The molecule has 0 bridgehead atoms. The molecular formula is C24H29N5. The monoisotopic (exact) mass is 387 g/mol. The third-order valence-corrected chi connectivity index (χ3v) is 4.48. The van der Waals surface area contributed by atoms with E-state index in [9.17, 15) is 0 Å². The molecule has 5 nitrogen and oxygen atoms in total. The van der Waals surface area contributed by atoms with Gasteiger partial charge in [0.25, 0.3) is 0 Å². The molecule has 0 amide bonds. The normalized spacial score (nSPS) is 14.3. The van der Waals surface area contributed by atoms with Crippen molar-refractivity contribution in [3.05, 3.63) is 90.2 Å². The van der Waals surface area contributed by atoms with E-state index in [1.54, 1.807) is 20.0 Å². The van der Waals surface area contributed by atoms with Crippen molar-refractivity contribution in [2.75, 3.05) is 13.6 Å². The number of nitrogens with zero attached hydrogens (tertiary/aromatic N) is 2. The molecule has 0 fully saturated rings. The zero-order valence-electron chi connectivity index (χ0n) is 17.5. The highest BCUT2D eigenvalue weighted by Crippen LogP contribution is 2.21. The SMILES string of the molecule is C=C(NC)C1=CC(C(=C)NCCc2ccc(C(=C)C)cc2)=N/C(=C/C#CC)N1N. The smallest absolute Gasteiger partial charge is 0.156 e. The summed E-state index contributed by atoms with van der Waals surface area (Å²) in [5.74, 6) is 12.4. The van der Waals surface area contributed by atoms with E-state index in [1.165, 1.54) is 10.6 Å². The summed E-state index contributed by atoms with van der Waals surface area (Å²) in [6, 6.07) is 8.44. The summed E-state index contributed by atoms with van der Waals surface area (Å²) in [6.07, 6.45) is 4.40. The van der Waals surface area contributed by atoms with Crippen LogP contribution >= 0.6 is 0 Å². The maximum atomic E-state index is 6.18. The molecule has 0 aromatic heterocycles. The molecule has 29 heavy (non-hydrogen) atoms. The number of hydrogen-bond donors (Lipinski definition) is 3. The van der Waals surface area contributed by atoms with E-state index < -0.39 is 0 Å². The van der Waals surface area contributed by atoms with Crippen LogP contribution in [0.15, 0.2) is 84.1 Å². The number of benzene rings is 1. The van der Waals surface area contributed by atoms with Gasteiger partial charge in [-0.3, -0.25) is 5.01 Å². The summed E-state index contributed by atoms with van der Waals surface area (Å²) in [7, 11) is 1.80. The molecule has 0 radical (unpaired) electrons. The molecule has 1 aromatic carbocycles. The van der Waals surface area contributed by atoms with Gasteiger partial charge in [0.1, 0.15) is 0 Å². The molecule has 5 heteroatoms. The maximum Gasteiger partial charge on any atom is 0.156 e. The van der Waals surface area contributed by atoms with Crippen LogP contribution in [-0.2, 0) is 6.42 Å². The first-order valence-electron chi connectivity index (χ1n) is 9.40. The third kappa shape index (κ3) is 5.74. The maximum absolute atomic E-state index is 6.18. The largest absolute Gasteiger partial charge is 0.387 e. The predicted molar refractivity (Wildman–Crippen MR) is 123 cm³/mol. The van der Waals surface area contributed by atoms with Crippen molar-refractivity contribution in [2.24, 2.45) is 10.8 Å². The number of hydrazine groups is 1. The molecule has 1 aliphatic heterocycles. The second-order valence-corrected chi connectivity index (χ2v) is 6.65. The highest BCUT2D eigenvalue weighted by molar-refractivity contribution is 6.09. The molecule has 0 aliphatic carbocycles. The Morgan fingerprint density at radius 2 is 1.90 bits per heavy atom. The first kappa shape index (κ1) is 21.8. The molecule has 0 saturated heterocycles. The highest BCUT2D eigenvalue weighted by atomic mass is 15.5. The molecule has 2 rings (SSSR count). The molecular weight excluding hydrogens is 358 g/mol. The first-order chi connectivity index (χ1) is 13.9.